The molecule has 3 aromatic rings. The van der Waals surface area contributed by atoms with Gasteiger partial charge < -0.3 is 10.2 Å². The van der Waals surface area contributed by atoms with E-state index in [9.17, 15) is 4.79 Å². The SMILES string of the molecule is Cc1nc(Nc2ncc(C)s2)cc([C@@H]2CCN(C(=O)CCc3ccccc3)C2)n1. The van der Waals surface area contributed by atoms with Crippen molar-refractivity contribution in [2.24, 2.45) is 0 Å². The molecule has 29 heavy (non-hydrogen) atoms. The van der Waals surface area contributed by atoms with Crippen molar-refractivity contribution in [3.63, 3.8) is 0 Å². The van der Waals surface area contributed by atoms with E-state index in [1.807, 2.05) is 49.2 Å². The van der Waals surface area contributed by atoms with Gasteiger partial charge in [-0.3, -0.25) is 4.79 Å². The summed E-state index contributed by atoms with van der Waals surface area (Å²) < 4.78 is 0. The quantitative estimate of drug-likeness (QED) is 0.662. The molecule has 1 fully saturated rings. The van der Waals surface area contributed by atoms with E-state index >= 15 is 0 Å². The number of rotatable bonds is 6. The molecule has 1 saturated heterocycles. The van der Waals surface area contributed by atoms with E-state index in [-0.39, 0.29) is 11.8 Å². The third-order valence-electron chi connectivity index (χ3n) is 5.14. The molecule has 1 N–H and O–H groups in total. The number of anilines is 2. The van der Waals surface area contributed by atoms with Crippen LogP contribution in [0.4, 0.5) is 10.9 Å². The van der Waals surface area contributed by atoms with Gasteiger partial charge in [0.2, 0.25) is 5.91 Å². The number of hydrogen-bond acceptors (Lipinski definition) is 6. The molecule has 0 spiro atoms. The van der Waals surface area contributed by atoms with E-state index < -0.39 is 0 Å². The molecule has 0 saturated carbocycles. The minimum atomic E-state index is 0.221. The normalized spacial score (nSPS) is 16.2. The molecule has 1 aliphatic heterocycles. The highest BCUT2D eigenvalue weighted by Crippen LogP contribution is 2.29. The van der Waals surface area contributed by atoms with Crippen molar-refractivity contribution in [2.45, 2.75) is 39.0 Å². The first-order valence-corrected chi connectivity index (χ1v) is 10.8. The summed E-state index contributed by atoms with van der Waals surface area (Å²) in [6, 6.07) is 12.2. The van der Waals surface area contributed by atoms with Crippen molar-refractivity contribution >= 4 is 28.2 Å². The number of amides is 1. The van der Waals surface area contributed by atoms with Crippen LogP contribution in [0.2, 0.25) is 0 Å². The van der Waals surface area contributed by atoms with Gasteiger partial charge in [-0.1, -0.05) is 30.3 Å². The van der Waals surface area contributed by atoms with Gasteiger partial charge >= 0.3 is 0 Å². The maximum absolute atomic E-state index is 12.6. The van der Waals surface area contributed by atoms with Crippen LogP contribution >= 0.6 is 11.3 Å². The Kier molecular flexibility index (Phi) is 5.85. The fourth-order valence-electron chi connectivity index (χ4n) is 3.67. The molecule has 1 amide bonds. The van der Waals surface area contributed by atoms with Crippen molar-refractivity contribution < 1.29 is 4.79 Å². The van der Waals surface area contributed by atoms with Gasteiger partial charge in [0, 0.05) is 42.6 Å². The van der Waals surface area contributed by atoms with Crippen LogP contribution in [-0.4, -0.2) is 38.8 Å². The summed E-state index contributed by atoms with van der Waals surface area (Å²) in [7, 11) is 0. The van der Waals surface area contributed by atoms with Crippen LogP contribution in [0.5, 0.6) is 0 Å². The van der Waals surface area contributed by atoms with Gasteiger partial charge in [0.1, 0.15) is 11.6 Å². The van der Waals surface area contributed by atoms with Crippen LogP contribution in [0.1, 0.15) is 40.7 Å². The van der Waals surface area contributed by atoms with E-state index in [2.05, 4.69) is 32.4 Å². The van der Waals surface area contributed by atoms with Crippen molar-refractivity contribution in [2.75, 3.05) is 18.4 Å². The molecule has 6 nitrogen and oxygen atoms in total. The second-order valence-electron chi connectivity index (χ2n) is 7.44. The van der Waals surface area contributed by atoms with Crippen LogP contribution in [0, 0.1) is 13.8 Å². The average Bonchev–Trinajstić information content (AvgIpc) is 3.36. The first-order valence-electron chi connectivity index (χ1n) is 9.93. The highest BCUT2D eigenvalue weighted by molar-refractivity contribution is 7.15. The van der Waals surface area contributed by atoms with Gasteiger partial charge in [-0.2, -0.15) is 0 Å². The van der Waals surface area contributed by atoms with Gasteiger partial charge in [-0.15, -0.1) is 11.3 Å². The Bertz CT molecular complexity index is 988. The van der Waals surface area contributed by atoms with Crippen LogP contribution < -0.4 is 5.32 Å². The fraction of sp³-hybridized carbons (Fsp3) is 0.364. The smallest absolute Gasteiger partial charge is 0.222 e. The van der Waals surface area contributed by atoms with Gasteiger partial charge in [0.25, 0.3) is 0 Å². The van der Waals surface area contributed by atoms with Crippen molar-refractivity contribution in [3.8, 4) is 0 Å². The molecule has 2 aromatic heterocycles. The maximum atomic E-state index is 12.6. The Balaban J connectivity index is 1.38. The van der Waals surface area contributed by atoms with E-state index in [1.165, 1.54) is 5.56 Å². The molecule has 4 rings (SSSR count). The van der Waals surface area contributed by atoms with Gasteiger partial charge in [0.15, 0.2) is 5.13 Å². The summed E-state index contributed by atoms with van der Waals surface area (Å²) in [6.07, 6.45) is 4.12. The number of hydrogen-bond donors (Lipinski definition) is 1. The average molecular weight is 408 g/mol. The van der Waals surface area contributed by atoms with E-state index in [1.54, 1.807) is 11.3 Å². The maximum Gasteiger partial charge on any atom is 0.222 e. The molecule has 3 heterocycles. The van der Waals surface area contributed by atoms with Gasteiger partial charge in [0.05, 0.1) is 5.69 Å². The molecule has 0 bridgehead atoms. The second kappa shape index (κ2) is 8.69. The van der Waals surface area contributed by atoms with E-state index in [0.29, 0.717) is 6.42 Å². The van der Waals surface area contributed by atoms with E-state index in [4.69, 9.17) is 0 Å². The summed E-state index contributed by atoms with van der Waals surface area (Å²) in [6.45, 7) is 5.44. The number of carbonyl (C=O) groups is 1. The summed E-state index contributed by atoms with van der Waals surface area (Å²) in [5.41, 5.74) is 2.20. The Morgan fingerprint density at radius 3 is 2.83 bits per heavy atom. The molecule has 0 aliphatic carbocycles. The first kappa shape index (κ1) is 19.5. The zero-order chi connectivity index (χ0) is 20.2. The van der Waals surface area contributed by atoms with Crippen molar-refractivity contribution in [1.82, 2.24) is 19.9 Å². The Labute approximate surface area is 175 Å². The molecule has 1 aromatic carbocycles. The lowest BCUT2D eigenvalue weighted by molar-refractivity contribution is -0.130. The lowest BCUT2D eigenvalue weighted by Gasteiger charge is -2.17. The monoisotopic (exact) mass is 407 g/mol. The molecule has 1 aliphatic rings. The molecule has 1 atom stereocenters. The third-order valence-corrected chi connectivity index (χ3v) is 5.97. The van der Waals surface area contributed by atoms with E-state index in [0.717, 1.165) is 53.3 Å². The highest BCUT2D eigenvalue weighted by atomic mass is 32.1. The Hall–Kier alpha value is -2.80. The van der Waals surface area contributed by atoms with Crippen molar-refractivity contribution in [3.05, 3.63) is 64.6 Å². The number of aromatic nitrogens is 3. The Morgan fingerprint density at radius 2 is 2.07 bits per heavy atom. The largest absolute Gasteiger partial charge is 0.342 e. The predicted octanol–water partition coefficient (Wildman–Crippen LogP) is 4.24. The number of benzene rings is 1. The highest BCUT2D eigenvalue weighted by Gasteiger charge is 2.28. The van der Waals surface area contributed by atoms with Crippen LogP contribution in [-0.2, 0) is 11.2 Å². The minimum Gasteiger partial charge on any atom is -0.342 e. The summed E-state index contributed by atoms with van der Waals surface area (Å²) >= 11 is 1.60. The fourth-order valence-corrected chi connectivity index (χ4v) is 4.34. The minimum absolute atomic E-state index is 0.221. The standard InChI is InChI=1S/C22H25N5OS/c1-15-13-23-22(29-15)26-20-12-19(24-16(2)25-20)18-10-11-27(14-18)21(28)9-8-17-6-4-3-5-7-17/h3-7,12-13,18H,8-11,14H2,1-2H3,(H,23,24,25,26)/t18-/m1/s1. The lowest BCUT2D eigenvalue weighted by Crippen LogP contribution is -2.28. The number of carbonyl (C=O) groups excluding carboxylic acids is 1. The van der Waals surface area contributed by atoms with Gasteiger partial charge in [-0.25, -0.2) is 15.0 Å². The molecule has 7 heteroatoms. The molecule has 150 valence electrons. The number of nitrogens with zero attached hydrogens (tertiary/aromatic N) is 4. The summed E-state index contributed by atoms with van der Waals surface area (Å²) in [5, 5.41) is 4.11. The molecular weight excluding hydrogens is 382 g/mol. The number of likely N-dealkylation sites (tertiary alicyclic amines) is 1. The first-order chi connectivity index (χ1) is 14.1. The molecular formula is C22H25N5OS. The predicted molar refractivity (Wildman–Crippen MR) is 116 cm³/mol. The lowest BCUT2D eigenvalue weighted by atomic mass is 10.0. The molecule has 0 unspecified atom stereocenters. The van der Waals surface area contributed by atoms with Crippen LogP contribution in [0.3, 0.4) is 0 Å². The summed E-state index contributed by atoms with van der Waals surface area (Å²) in [4.78, 5) is 29.3. The third kappa shape index (κ3) is 4.98. The zero-order valence-corrected chi connectivity index (χ0v) is 17.6. The number of thiazole rings is 1. The van der Waals surface area contributed by atoms with Crippen LogP contribution in [0.25, 0.3) is 0 Å². The molecule has 0 radical (unpaired) electrons. The summed E-state index contributed by atoms with van der Waals surface area (Å²) in [5.74, 6) is 1.96. The topological polar surface area (TPSA) is 71.0 Å². The van der Waals surface area contributed by atoms with Gasteiger partial charge in [-0.05, 0) is 32.3 Å². The Morgan fingerprint density at radius 1 is 1.24 bits per heavy atom. The zero-order valence-electron chi connectivity index (χ0n) is 16.8. The van der Waals surface area contributed by atoms with Crippen molar-refractivity contribution in [1.29, 1.82) is 0 Å². The number of aryl methyl sites for hydroxylation is 3. The second-order valence-corrected chi connectivity index (χ2v) is 8.67. The van der Waals surface area contributed by atoms with Crippen LogP contribution in [0.15, 0.2) is 42.6 Å². The number of nitrogens with one attached hydrogen (secondary N) is 1.